The molecule has 1 saturated heterocycles. The number of nitrogens with zero attached hydrogens (tertiary/aromatic N) is 1. The predicted octanol–water partition coefficient (Wildman–Crippen LogP) is 3.09. The highest BCUT2D eigenvalue weighted by atomic mass is 19.3. The lowest BCUT2D eigenvalue weighted by Crippen LogP contribution is -2.28. The van der Waals surface area contributed by atoms with Gasteiger partial charge in [-0.25, -0.2) is 8.78 Å². The lowest BCUT2D eigenvalue weighted by atomic mass is 10.0. The Bertz CT molecular complexity index is 300. The van der Waals surface area contributed by atoms with Gasteiger partial charge in [0.25, 0.3) is 6.43 Å². The van der Waals surface area contributed by atoms with E-state index in [1.54, 1.807) is 0 Å². The summed E-state index contributed by atoms with van der Waals surface area (Å²) in [5.41, 5.74) is 1.16. The van der Waals surface area contributed by atoms with E-state index in [4.69, 9.17) is 0 Å². The topological polar surface area (TPSA) is 3.24 Å². The fourth-order valence-electron chi connectivity index (χ4n) is 2.27. The SMILES string of the molecule is FC(F)CN1CCC[C@@H]1c1ccccc1. The third-order valence-corrected chi connectivity index (χ3v) is 2.92. The Balaban J connectivity index is 2.08. The number of alkyl halides is 2. The molecule has 82 valence electrons. The van der Waals surface area contributed by atoms with Gasteiger partial charge in [-0.05, 0) is 24.9 Å². The van der Waals surface area contributed by atoms with Crippen molar-refractivity contribution in [2.45, 2.75) is 25.3 Å². The molecule has 1 fully saturated rings. The normalized spacial score (nSPS) is 22.5. The molecule has 1 heterocycles. The smallest absolute Gasteiger partial charge is 0.251 e. The molecule has 1 nitrogen and oxygen atoms in total. The summed E-state index contributed by atoms with van der Waals surface area (Å²) in [5, 5.41) is 0. The van der Waals surface area contributed by atoms with Crippen LogP contribution < -0.4 is 0 Å². The molecule has 1 aliphatic rings. The average Bonchev–Trinajstić information content (AvgIpc) is 2.66. The van der Waals surface area contributed by atoms with E-state index in [-0.39, 0.29) is 12.6 Å². The molecule has 1 atom stereocenters. The Morgan fingerprint density at radius 3 is 2.67 bits per heavy atom. The van der Waals surface area contributed by atoms with Gasteiger partial charge in [-0.3, -0.25) is 4.90 Å². The lowest BCUT2D eigenvalue weighted by Gasteiger charge is -2.24. The minimum Gasteiger partial charge on any atom is -0.291 e. The minimum absolute atomic E-state index is 0.0977. The molecular formula is C12H15F2N. The molecule has 1 aliphatic heterocycles. The zero-order valence-corrected chi connectivity index (χ0v) is 8.57. The fourth-order valence-corrected chi connectivity index (χ4v) is 2.27. The van der Waals surface area contributed by atoms with Crippen LogP contribution in [0.4, 0.5) is 8.78 Å². The van der Waals surface area contributed by atoms with E-state index >= 15 is 0 Å². The fraction of sp³-hybridized carbons (Fsp3) is 0.500. The van der Waals surface area contributed by atoms with E-state index < -0.39 is 6.43 Å². The van der Waals surface area contributed by atoms with Crippen molar-refractivity contribution in [3.05, 3.63) is 35.9 Å². The summed E-state index contributed by atoms with van der Waals surface area (Å²) < 4.78 is 24.7. The summed E-state index contributed by atoms with van der Waals surface area (Å²) in [5.74, 6) is 0. The van der Waals surface area contributed by atoms with Crippen molar-refractivity contribution in [2.75, 3.05) is 13.1 Å². The maximum Gasteiger partial charge on any atom is 0.251 e. The van der Waals surface area contributed by atoms with Crippen LogP contribution in [0, 0.1) is 0 Å². The van der Waals surface area contributed by atoms with E-state index in [0.29, 0.717) is 0 Å². The molecule has 0 amide bonds. The van der Waals surface area contributed by atoms with Crippen LogP contribution in [0.1, 0.15) is 24.4 Å². The van der Waals surface area contributed by atoms with Crippen LogP contribution in [0.5, 0.6) is 0 Å². The molecule has 0 aliphatic carbocycles. The lowest BCUT2D eigenvalue weighted by molar-refractivity contribution is 0.0822. The summed E-state index contributed by atoms with van der Waals surface area (Å²) in [7, 11) is 0. The monoisotopic (exact) mass is 211 g/mol. The number of hydrogen-bond donors (Lipinski definition) is 0. The van der Waals surface area contributed by atoms with Crippen LogP contribution in [0.15, 0.2) is 30.3 Å². The first-order chi connectivity index (χ1) is 7.27. The van der Waals surface area contributed by atoms with Crippen molar-refractivity contribution in [1.29, 1.82) is 0 Å². The third-order valence-electron chi connectivity index (χ3n) is 2.92. The van der Waals surface area contributed by atoms with Gasteiger partial charge < -0.3 is 0 Å². The van der Waals surface area contributed by atoms with E-state index in [1.807, 2.05) is 35.2 Å². The second-order valence-corrected chi connectivity index (χ2v) is 3.95. The largest absolute Gasteiger partial charge is 0.291 e. The van der Waals surface area contributed by atoms with Gasteiger partial charge in [-0.15, -0.1) is 0 Å². The van der Waals surface area contributed by atoms with E-state index in [2.05, 4.69) is 0 Å². The number of hydrogen-bond acceptors (Lipinski definition) is 1. The molecule has 0 N–H and O–H groups in total. The summed E-state index contributed by atoms with van der Waals surface area (Å²) in [6, 6.07) is 10.1. The van der Waals surface area contributed by atoms with Crippen molar-refractivity contribution in [2.24, 2.45) is 0 Å². The van der Waals surface area contributed by atoms with Crippen molar-refractivity contribution in [3.63, 3.8) is 0 Å². The maximum atomic E-state index is 12.3. The van der Waals surface area contributed by atoms with Crippen molar-refractivity contribution in [1.82, 2.24) is 4.90 Å². The van der Waals surface area contributed by atoms with E-state index in [0.717, 1.165) is 24.9 Å². The molecule has 0 bridgehead atoms. The van der Waals surface area contributed by atoms with Crippen LogP contribution >= 0.6 is 0 Å². The highest BCUT2D eigenvalue weighted by Gasteiger charge is 2.27. The second-order valence-electron chi connectivity index (χ2n) is 3.95. The standard InChI is InChI=1S/C12H15F2N/c13-12(14)9-15-8-4-7-11(15)10-5-2-1-3-6-10/h1-3,5-6,11-12H,4,7-9H2/t11-/m1/s1. The highest BCUT2D eigenvalue weighted by molar-refractivity contribution is 5.19. The number of rotatable bonds is 3. The molecule has 0 unspecified atom stereocenters. The molecule has 0 spiro atoms. The summed E-state index contributed by atoms with van der Waals surface area (Å²) >= 11 is 0. The third kappa shape index (κ3) is 2.53. The van der Waals surface area contributed by atoms with E-state index in [1.165, 1.54) is 0 Å². The summed E-state index contributed by atoms with van der Waals surface area (Å²) in [4.78, 5) is 1.89. The number of benzene rings is 1. The van der Waals surface area contributed by atoms with Gasteiger partial charge in [0, 0.05) is 6.04 Å². The van der Waals surface area contributed by atoms with Crippen LogP contribution in [-0.2, 0) is 0 Å². The molecule has 15 heavy (non-hydrogen) atoms. The van der Waals surface area contributed by atoms with Crippen LogP contribution in [-0.4, -0.2) is 24.4 Å². The molecule has 0 radical (unpaired) electrons. The van der Waals surface area contributed by atoms with Gasteiger partial charge in [-0.1, -0.05) is 30.3 Å². The number of halogens is 2. The molecule has 1 aromatic rings. The first-order valence-corrected chi connectivity index (χ1v) is 5.34. The summed E-state index contributed by atoms with van der Waals surface area (Å²) in [6.07, 6.45) is -0.211. The zero-order chi connectivity index (χ0) is 10.7. The van der Waals surface area contributed by atoms with E-state index in [9.17, 15) is 8.78 Å². The van der Waals surface area contributed by atoms with Gasteiger partial charge in [-0.2, -0.15) is 0 Å². The average molecular weight is 211 g/mol. The van der Waals surface area contributed by atoms with Gasteiger partial charge in [0.1, 0.15) is 0 Å². The van der Waals surface area contributed by atoms with Crippen molar-refractivity contribution in [3.8, 4) is 0 Å². The Hall–Kier alpha value is -0.960. The van der Waals surface area contributed by atoms with Gasteiger partial charge >= 0.3 is 0 Å². The Kier molecular flexibility index (Phi) is 3.31. The van der Waals surface area contributed by atoms with Gasteiger partial charge in [0.05, 0.1) is 6.54 Å². The Morgan fingerprint density at radius 2 is 2.00 bits per heavy atom. The zero-order valence-electron chi connectivity index (χ0n) is 8.57. The quantitative estimate of drug-likeness (QED) is 0.742. The second kappa shape index (κ2) is 4.71. The minimum atomic E-state index is -2.23. The Labute approximate surface area is 88.7 Å². The Morgan fingerprint density at radius 1 is 1.27 bits per heavy atom. The first-order valence-electron chi connectivity index (χ1n) is 5.34. The van der Waals surface area contributed by atoms with Crippen LogP contribution in [0.2, 0.25) is 0 Å². The number of likely N-dealkylation sites (tertiary alicyclic amines) is 1. The molecule has 3 heteroatoms. The van der Waals surface area contributed by atoms with Gasteiger partial charge in [0.15, 0.2) is 0 Å². The van der Waals surface area contributed by atoms with Crippen LogP contribution in [0.25, 0.3) is 0 Å². The van der Waals surface area contributed by atoms with Crippen molar-refractivity contribution < 1.29 is 8.78 Å². The van der Waals surface area contributed by atoms with Crippen molar-refractivity contribution >= 4 is 0 Å². The molecular weight excluding hydrogens is 196 g/mol. The first kappa shape index (κ1) is 10.6. The highest BCUT2D eigenvalue weighted by Crippen LogP contribution is 2.31. The maximum absolute atomic E-state index is 12.3. The molecule has 0 saturated carbocycles. The van der Waals surface area contributed by atoms with Crippen LogP contribution in [0.3, 0.4) is 0 Å². The molecule has 2 rings (SSSR count). The molecule has 1 aromatic carbocycles. The molecule has 0 aromatic heterocycles. The predicted molar refractivity (Wildman–Crippen MR) is 56.0 cm³/mol. The summed E-state index contributed by atoms with van der Waals surface area (Å²) in [6.45, 7) is 0.698. The van der Waals surface area contributed by atoms with Gasteiger partial charge in [0.2, 0.25) is 0 Å².